The van der Waals surface area contributed by atoms with Gasteiger partial charge >= 0.3 is 0 Å². The van der Waals surface area contributed by atoms with Crippen LogP contribution in [0.3, 0.4) is 0 Å². The number of rotatable bonds is 21. The second-order valence-electron chi connectivity index (χ2n) is 8.05. The molecule has 0 aliphatic heterocycles. The summed E-state index contributed by atoms with van der Waals surface area (Å²) in [6.45, 7) is 4.56. The van der Waals surface area contributed by atoms with Crippen molar-refractivity contribution in [3.05, 3.63) is 24.3 Å². The molecule has 0 fully saturated rings. The van der Waals surface area contributed by atoms with Crippen molar-refractivity contribution in [2.24, 2.45) is 0 Å². The molecule has 26 heavy (non-hydrogen) atoms. The van der Waals surface area contributed by atoms with Gasteiger partial charge in [0.25, 0.3) is 0 Å². The zero-order valence-corrected chi connectivity index (χ0v) is 18.5. The molecule has 0 aliphatic rings. The molecule has 0 nitrogen and oxygen atoms in total. The Morgan fingerprint density at radius 1 is 0.308 bits per heavy atom. The van der Waals surface area contributed by atoms with E-state index >= 15 is 0 Å². The van der Waals surface area contributed by atoms with Crippen molar-refractivity contribution < 1.29 is 0 Å². The number of unbranched alkanes of at least 4 members (excludes halogenated alkanes) is 17. The van der Waals surface area contributed by atoms with Gasteiger partial charge in [-0.05, 0) is 32.1 Å². The molecule has 0 atom stereocenters. The summed E-state index contributed by atoms with van der Waals surface area (Å²) < 4.78 is 0. The molecule has 0 aromatic heterocycles. The second-order valence-corrected chi connectivity index (χ2v) is 8.05. The Kier molecular flexibility index (Phi) is 24.0. The molecule has 0 saturated carbocycles. The summed E-state index contributed by atoms with van der Waals surface area (Å²) >= 11 is 0. The molecule has 0 spiro atoms. The van der Waals surface area contributed by atoms with Crippen LogP contribution in [0.1, 0.15) is 142 Å². The average molecular weight is 363 g/mol. The normalized spacial score (nSPS) is 11.9. The van der Waals surface area contributed by atoms with Crippen LogP contribution in [0.5, 0.6) is 0 Å². The lowest BCUT2D eigenvalue weighted by Crippen LogP contribution is -1.83. The molecule has 0 unspecified atom stereocenters. The van der Waals surface area contributed by atoms with Gasteiger partial charge in [0.2, 0.25) is 0 Å². The van der Waals surface area contributed by atoms with Crippen molar-refractivity contribution >= 4 is 0 Å². The fourth-order valence-electron chi connectivity index (χ4n) is 3.44. The highest BCUT2D eigenvalue weighted by molar-refractivity contribution is 4.87. The van der Waals surface area contributed by atoms with Crippen LogP contribution in [0.15, 0.2) is 24.3 Å². The molecule has 0 heteroatoms. The van der Waals surface area contributed by atoms with Crippen molar-refractivity contribution in [3.8, 4) is 0 Å². The van der Waals surface area contributed by atoms with Crippen molar-refractivity contribution in [1.82, 2.24) is 0 Å². The largest absolute Gasteiger partial charge is 0.0885 e. The first-order chi connectivity index (χ1) is 12.9. The van der Waals surface area contributed by atoms with Crippen LogP contribution in [0, 0.1) is 0 Å². The summed E-state index contributed by atoms with van der Waals surface area (Å²) in [6, 6.07) is 0. The van der Waals surface area contributed by atoms with E-state index in [9.17, 15) is 0 Å². The minimum absolute atomic E-state index is 1.22. The molecule has 0 radical (unpaired) electrons. The van der Waals surface area contributed by atoms with Gasteiger partial charge < -0.3 is 0 Å². The predicted octanol–water partition coefficient (Wildman–Crippen LogP) is 9.94. The van der Waals surface area contributed by atoms with Crippen LogP contribution in [0.2, 0.25) is 0 Å². The lowest BCUT2D eigenvalue weighted by Gasteiger charge is -2.02. The molecule has 0 saturated heterocycles. The monoisotopic (exact) mass is 362 g/mol. The first-order valence-corrected chi connectivity index (χ1v) is 12.2. The highest BCUT2D eigenvalue weighted by Crippen LogP contribution is 2.13. The van der Waals surface area contributed by atoms with Gasteiger partial charge in [-0.25, -0.2) is 0 Å². The molecule has 0 N–H and O–H groups in total. The van der Waals surface area contributed by atoms with E-state index < -0.39 is 0 Å². The lowest BCUT2D eigenvalue weighted by atomic mass is 10.0. The average Bonchev–Trinajstić information content (AvgIpc) is 2.66. The van der Waals surface area contributed by atoms with E-state index in [0.29, 0.717) is 0 Å². The van der Waals surface area contributed by atoms with Gasteiger partial charge in [-0.15, -0.1) is 0 Å². The molecule has 0 bridgehead atoms. The first kappa shape index (κ1) is 25.5. The van der Waals surface area contributed by atoms with Crippen LogP contribution in [-0.2, 0) is 0 Å². The Labute approximate surface area is 166 Å². The molecule has 0 heterocycles. The lowest BCUT2D eigenvalue weighted by molar-refractivity contribution is 0.536. The van der Waals surface area contributed by atoms with Crippen LogP contribution in [-0.4, -0.2) is 0 Å². The zero-order valence-electron chi connectivity index (χ0n) is 18.5. The molecule has 0 aromatic carbocycles. The highest BCUT2D eigenvalue weighted by Gasteiger charge is 1.93. The SMILES string of the molecule is CCCCC=CCCC=CCCCCCCCCCCCCCCCC. The second kappa shape index (κ2) is 24.5. The third-order valence-electron chi connectivity index (χ3n) is 5.28. The molecule has 154 valence electrons. The maximum Gasteiger partial charge on any atom is -0.0316 e. The van der Waals surface area contributed by atoms with E-state index in [0.717, 1.165) is 0 Å². The molecule has 0 aromatic rings. The van der Waals surface area contributed by atoms with E-state index in [1.54, 1.807) is 0 Å². The molecular weight excluding hydrogens is 312 g/mol. The van der Waals surface area contributed by atoms with Gasteiger partial charge in [-0.2, -0.15) is 0 Å². The maximum atomic E-state index is 2.40. The van der Waals surface area contributed by atoms with Crippen LogP contribution < -0.4 is 0 Å². The van der Waals surface area contributed by atoms with Crippen LogP contribution in [0.25, 0.3) is 0 Å². The number of allylic oxidation sites excluding steroid dienone is 4. The molecule has 0 rings (SSSR count). The Bertz CT molecular complexity index is 286. The van der Waals surface area contributed by atoms with Gasteiger partial charge in [0, 0.05) is 0 Å². The molecular formula is C26H50. The molecule has 0 aliphatic carbocycles. The fourth-order valence-corrected chi connectivity index (χ4v) is 3.44. The minimum atomic E-state index is 1.22. The number of hydrogen-bond donors (Lipinski definition) is 0. The smallest absolute Gasteiger partial charge is 0.0316 e. The van der Waals surface area contributed by atoms with Gasteiger partial charge in [0.1, 0.15) is 0 Å². The summed E-state index contributed by atoms with van der Waals surface area (Å²) in [6.07, 6.45) is 37.4. The van der Waals surface area contributed by atoms with E-state index in [1.165, 1.54) is 128 Å². The summed E-state index contributed by atoms with van der Waals surface area (Å²) in [4.78, 5) is 0. The third kappa shape index (κ3) is 23.5. The van der Waals surface area contributed by atoms with Crippen molar-refractivity contribution in [2.75, 3.05) is 0 Å². The van der Waals surface area contributed by atoms with E-state index in [4.69, 9.17) is 0 Å². The van der Waals surface area contributed by atoms with E-state index in [1.807, 2.05) is 0 Å². The maximum absolute atomic E-state index is 2.40. The van der Waals surface area contributed by atoms with Gasteiger partial charge in [0.15, 0.2) is 0 Å². The number of hydrogen-bond acceptors (Lipinski definition) is 0. The van der Waals surface area contributed by atoms with Gasteiger partial charge in [0.05, 0.1) is 0 Å². The van der Waals surface area contributed by atoms with Crippen molar-refractivity contribution in [2.45, 2.75) is 142 Å². The Morgan fingerprint density at radius 2 is 0.615 bits per heavy atom. The standard InChI is InChI=1S/C26H50/c1-3-5-7-9-11-13-15-17-19-21-23-25-26-24-22-20-18-16-14-12-10-8-6-4-2/h9,11,17,19H,3-8,10,12-16,18,20-26H2,1-2H3. The predicted molar refractivity (Wildman–Crippen MR) is 122 cm³/mol. The van der Waals surface area contributed by atoms with Crippen LogP contribution >= 0.6 is 0 Å². The summed E-state index contributed by atoms with van der Waals surface area (Å²) in [7, 11) is 0. The third-order valence-corrected chi connectivity index (χ3v) is 5.28. The highest BCUT2D eigenvalue weighted by atomic mass is 14.0. The summed E-state index contributed by atoms with van der Waals surface area (Å²) in [5, 5.41) is 0. The zero-order chi connectivity index (χ0) is 19.0. The fraction of sp³-hybridized carbons (Fsp3) is 0.846. The van der Waals surface area contributed by atoms with Crippen molar-refractivity contribution in [3.63, 3.8) is 0 Å². The summed E-state index contributed by atoms with van der Waals surface area (Å²) in [5.41, 5.74) is 0. The van der Waals surface area contributed by atoms with Gasteiger partial charge in [-0.3, -0.25) is 0 Å². The first-order valence-electron chi connectivity index (χ1n) is 12.2. The quantitative estimate of drug-likeness (QED) is 0.141. The van der Waals surface area contributed by atoms with Crippen molar-refractivity contribution in [1.29, 1.82) is 0 Å². The Hall–Kier alpha value is -0.520. The van der Waals surface area contributed by atoms with Crippen LogP contribution in [0.4, 0.5) is 0 Å². The van der Waals surface area contributed by atoms with Gasteiger partial charge in [-0.1, -0.05) is 134 Å². The Balaban J connectivity index is 3.08. The minimum Gasteiger partial charge on any atom is -0.0885 e. The molecule has 0 amide bonds. The van der Waals surface area contributed by atoms with E-state index in [-0.39, 0.29) is 0 Å². The topological polar surface area (TPSA) is 0 Å². The van der Waals surface area contributed by atoms with E-state index in [2.05, 4.69) is 38.2 Å². The summed E-state index contributed by atoms with van der Waals surface area (Å²) in [5.74, 6) is 0. The Morgan fingerprint density at radius 3 is 1.04 bits per heavy atom.